The molecule has 1 heterocycles. The molecule has 2 nitrogen and oxygen atoms in total. The molecule has 54 valence electrons. The molecule has 0 unspecified atom stereocenters. The van der Waals surface area contributed by atoms with Crippen LogP contribution in [0.5, 0.6) is 0 Å². The molecule has 0 aromatic heterocycles. The maximum atomic E-state index is 5.81. The van der Waals surface area contributed by atoms with E-state index >= 15 is 0 Å². The van der Waals surface area contributed by atoms with E-state index < -0.39 is 0 Å². The molecule has 2 N–H and O–H groups in total. The minimum absolute atomic E-state index is 0.446. The van der Waals surface area contributed by atoms with Crippen LogP contribution >= 0.6 is 0 Å². The van der Waals surface area contributed by atoms with Gasteiger partial charge in [0.15, 0.2) is 0 Å². The van der Waals surface area contributed by atoms with Crippen LogP contribution in [0.1, 0.15) is 13.3 Å². The molecule has 0 aliphatic carbocycles. The zero-order valence-electron chi connectivity index (χ0n) is 6.30. The maximum absolute atomic E-state index is 5.81. The predicted octanol–water partition coefficient (Wildman–Crippen LogP) is 0.285. The van der Waals surface area contributed by atoms with Crippen LogP contribution in [0, 0.1) is 5.92 Å². The molecule has 0 spiro atoms. The first kappa shape index (κ1) is 7.03. The minimum atomic E-state index is 0.446. The van der Waals surface area contributed by atoms with Crippen LogP contribution in [0.2, 0.25) is 0 Å². The first-order valence-corrected chi connectivity index (χ1v) is 3.64. The van der Waals surface area contributed by atoms with Crippen molar-refractivity contribution in [2.45, 2.75) is 19.4 Å². The van der Waals surface area contributed by atoms with E-state index in [1.807, 2.05) is 0 Å². The molecule has 0 radical (unpaired) electrons. The largest absolute Gasteiger partial charge is 0.327 e. The second-order valence-electron chi connectivity index (χ2n) is 3.19. The number of nitrogens with two attached hydrogens (primary N) is 1. The zero-order chi connectivity index (χ0) is 6.85. The number of rotatable bonds is 0. The highest BCUT2D eigenvalue weighted by atomic mass is 15.1. The van der Waals surface area contributed by atoms with Gasteiger partial charge in [0.2, 0.25) is 0 Å². The lowest BCUT2D eigenvalue weighted by Gasteiger charge is -2.32. The summed E-state index contributed by atoms with van der Waals surface area (Å²) >= 11 is 0. The third kappa shape index (κ3) is 1.66. The zero-order valence-corrected chi connectivity index (χ0v) is 6.30. The highest BCUT2D eigenvalue weighted by Crippen LogP contribution is 2.12. The fourth-order valence-electron chi connectivity index (χ4n) is 1.37. The van der Waals surface area contributed by atoms with E-state index in [1.165, 1.54) is 13.1 Å². The highest BCUT2D eigenvalue weighted by Gasteiger charge is 2.19. The normalized spacial score (nSPS) is 39.0. The Morgan fingerprint density at radius 2 is 2.22 bits per heavy atom. The van der Waals surface area contributed by atoms with Crippen molar-refractivity contribution in [2.75, 3.05) is 20.1 Å². The topological polar surface area (TPSA) is 29.3 Å². The smallest absolute Gasteiger partial charge is 0.00888 e. The molecule has 0 bridgehead atoms. The summed E-state index contributed by atoms with van der Waals surface area (Å²) in [5, 5.41) is 0. The van der Waals surface area contributed by atoms with Gasteiger partial charge in [-0.2, -0.15) is 0 Å². The molecule has 9 heavy (non-hydrogen) atoms. The van der Waals surface area contributed by atoms with Crippen LogP contribution in [-0.4, -0.2) is 31.1 Å². The molecule has 0 saturated carbocycles. The molecule has 1 aliphatic heterocycles. The molecule has 2 atom stereocenters. The summed E-state index contributed by atoms with van der Waals surface area (Å²) in [5.41, 5.74) is 5.81. The van der Waals surface area contributed by atoms with Crippen LogP contribution in [0.3, 0.4) is 0 Å². The van der Waals surface area contributed by atoms with Gasteiger partial charge >= 0.3 is 0 Å². The molecule has 1 aliphatic rings. The molecular weight excluding hydrogens is 112 g/mol. The number of piperidine rings is 1. The third-order valence-electron chi connectivity index (χ3n) is 2.17. The SMILES string of the molecule is C[C@H]1CN(C)CC[C@H]1N. The number of hydrogen-bond donors (Lipinski definition) is 1. The lowest BCUT2D eigenvalue weighted by Crippen LogP contribution is -2.44. The Morgan fingerprint density at radius 3 is 2.67 bits per heavy atom. The average Bonchev–Trinajstić information content (AvgIpc) is 1.80. The van der Waals surface area contributed by atoms with Crippen LogP contribution in [0.4, 0.5) is 0 Å². The van der Waals surface area contributed by atoms with Gasteiger partial charge in [-0.1, -0.05) is 6.92 Å². The predicted molar refractivity (Wildman–Crippen MR) is 39.3 cm³/mol. The summed E-state index contributed by atoms with van der Waals surface area (Å²) in [4.78, 5) is 2.34. The van der Waals surface area contributed by atoms with Crippen LogP contribution in [0.15, 0.2) is 0 Å². The van der Waals surface area contributed by atoms with Gasteiger partial charge in [-0.15, -0.1) is 0 Å². The quantitative estimate of drug-likeness (QED) is 0.508. The van der Waals surface area contributed by atoms with Crippen LogP contribution in [0.25, 0.3) is 0 Å². The van der Waals surface area contributed by atoms with Crippen molar-refractivity contribution in [3.05, 3.63) is 0 Å². The van der Waals surface area contributed by atoms with Crippen molar-refractivity contribution in [1.29, 1.82) is 0 Å². The van der Waals surface area contributed by atoms with E-state index in [0.717, 1.165) is 6.42 Å². The van der Waals surface area contributed by atoms with Crippen molar-refractivity contribution in [2.24, 2.45) is 11.7 Å². The molecule has 0 aromatic carbocycles. The second-order valence-corrected chi connectivity index (χ2v) is 3.19. The van der Waals surface area contributed by atoms with Gasteiger partial charge in [0, 0.05) is 12.6 Å². The fraction of sp³-hybridized carbons (Fsp3) is 1.00. The Balaban J connectivity index is 2.35. The maximum Gasteiger partial charge on any atom is 0.00888 e. The van der Waals surface area contributed by atoms with Crippen molar-refractivity contribution in [1.82, 2.24) is 4.90 Å². The summed E-state index contributed by atoms with van der Waals surface area (Å²) in [6, 6.07) is 0.446. The Labute approximate surface area is 57.0 Å². The third-order valence-corrected chi connectivity index (χ3v) is 2.17. The van der Waals surface area contributed by atoms with Crippen molar-refractivity contribution in [3.8, 4) is 0 Å². The molecule has 1 rings (SSSR count). The Morgan fingerprint density at radius 1 is 1.56 bits per heavy atom. The Bertz CT molecular complexity index is 92.9. The molecule has 1 fully saturated rings. The monoisotopic (exact) mass is 128 g/mol. The first-order valence-electron chi connectivity index (χ1n) is 3.64. The van der Waals surface area contributed by atoms with Gasteiger partial charge in [-0.05, 0) is 25.9 Å². The van der Waals surface area contributed by atoms with Crippen molar-refractivity contribution >= 4 is 0 Å². The lowest BCUT2D eigenvalue weighted by molar-refractivity contribution is 0.197. The summed E-state index contributed by atoms with van der Waals surface area (Å²) in [6.45, 7) is 4.56. The van der Waals surface area contributed by atoms with E-state index in [4.69, 9.17) is 5.73 Å². The average molecular weight is 128 g/mol. The standard InChI is InChI=1S/C7H16N2/c1-6-5-9(2)4-3-7(6)8/h6-7H,3-5,8H2,1-2H3/t6-,7+/m0/s1. The summed E-state index contributed by atoms with van der Waals surface area (Å²) in [7, 11) is 2.16. The Kier molecular flexibility index (Phi) is 2.09. The minimum Gasteiger partial charge on any atom is -0.327 e. The van der Waals surface area contributed by atoms with Gasteiger partial charge in [-0.25, -0.2) is 0 Å². The molecule has 1 saturated heterocycles. The Hall–Kier alpha value is -0.0800. The van der Waals surface area contributed by atoms with Crippen LogP contribution in [-0.2, 0) is 0 Å². The summed E-state index contributed by atoms with van der Waals surface area (Å²) in [5.74, 6) is 0.684. The second kappa shape index (κ2) is 2.67. The molecule has 0 amide bonds. The van der Waals surface area contributed by atoms with E-state index in [1.54, 1.807) is 0 Å². The molecular formula is C7H16N2. The number of nitrogens with zero attached hydrogens (tertiary/aromatic N) is 1. The molecule has 0 aromatic rings. The van der Waals surface area contributed by atoms with E-state index in [0.29, 0.717) is 12.0 Å². The van der Waals surface area contributed by atoms with E-state index in [9.17, 15) is 0 Å². The lowest BCUT2D eigenvalue weighted by atomic mass is 9.95. The van der Waals surface area contributed by atoms with Crippen LogP contribution < -0.4 is 5.73 Å². The van der Waals surface area contributed by atoms with Crippen molar-refractivity contribution in [3.63, 3.8) is 0 Å². The van der Waals surface area contributed by atoms with Gasteiger partial charge in [0.1, 0.15) is 0 Å². The van der Waals surface area contributed by atoms with E-state index in [2.05, 4.69) is 18.9 Å². The summed E-state index contributed by atoms with van der Waals surface area (Å²) in [6.07, 6.45) is 1.16. The molecule has 2 heteroatoms. The van der Waals surface area contributed by atoms with Gasteiger partial charge in [0.25, 0.3) is 0 Å². The number of hydrogen-bond acceptors (Lipinski definition) is 2. The fourth-order valence-corrected chi connectivity index (χ4v) is 1.37. The number of likely N-dealkylation sites (tertiary alicyclic amines) is 1. The van der Waals surface area contributed by atoms with Crippen molar-refractivity contribution < 1.29 is 0 Å². The summed E-state index contributed by atoms with van der Waals surface area (Å²) < 4.78 is 0. The highest BCUT2D eigenvalue weighted by molar-refractivity contribution is 4.77. The van der Waals surface area contributed by atoms with E-state index in [-0.39, 0.29) is 0 Å². The first-order chi connectivity index (χ1) is 4.20. The van der Waals surface area contributed by atoms with Gasteiger partial charge < -0.3 is 10.6 Å². The van der Waals surface area contributed by atoms with Gasteiger partial charge in [-0.3, -0.25) is 0 Å². The van der Waals surface area contributed by atoms with Gasteiger partial charge in [0.05, 0.1) is 0 Å².